The molecule has 16 nitrogen and oxygen atoms in total. The van der Waals surface area contributed by atoms with Crippen LogP contribution in [0.25, 0.3) is 28.4 Å². The molecule has 0 aliphatic carbocycles. The Balaban J connectivity index is 1.46. The summed E-state index contributed by atoms with van der Waals surface area (Å²) in [5, 5.41) is 81.0. The van der Waals surface area contributed by atoms with Gasteiger partial charge in [0.15, 0.2) is 41.0 Å². The van der Waals surface area contributed by atoms with Crippen molar-refractivity contribution in [2.24, 2.45) is 0 Å². The molecular weight excluding hydrogens is 628 g/mol. The quantitative estimate of drug-likeness (QED) is 0.0760. The summed E-state index contributed by atoms with van der Waals surface area (Å²) in [4.78, 5) is 38.3. The van der Waals surface area contributed by atoms with Crippen LogP contribution in [0.15, 0.2) is 63.8 Å². The lowest BCUT2D eigenvalue weighted by molar-refractivity contribution is -0.274. The Hall–Kier alpha value is -5.97. The zero-order valence-corrected chi connectivity index (χ0v) is 24.0. The smallest absolute Gasteiger partial charge is 0.337 e. The fourth-order valence-corrected chi connectivity index (χ4v) is 4.76. The standard InChI is InChI=1S/C31H26O16/c1-43-19-6-2-12(8-17(19)35)3-7-21(37)45-28-24(39)25(40)31(47-29(28)30(41)42)46-27-23(38)22-18(36)10-14(32)11-20(22)44-26(27)13-4-5-15(33)16(34)9-13/h2-11,24-25,28-29,31-36,39-40H,1H3,(H,41,42)/b7-3+/t24-,25-,28+,29+,31-/m1/s1. The fourth-order valence-electron chi connectivity index (χ4n) is 4.76. The lowest BCUT2D eigenvalue weighted by Crippen LogP contribution is -2.62. The first-order valence-corrected chi connectivity index (χ1v) is 13.5. The minimum absolute atomic E-state index is 0.0958. The molecule has 0 unspecified atom stereocenters. The number of aromatic hydroxyl groups is 5. The number of hydrogen-bond acceptors (Lipinski definition) is 15. The van der Waals surface area contributed by atoms with Gasteiger partial charge in [0.1, 0.15) is 34.7 Å². The maximum Gasteiger partial charge on any atom is 0.337 e. The van der Waals surface area contributed by atoms with Crippen LogP contribution in [0.1, 0.15) is 5.56 Å². The number of aliphatic hydroxyl groups is 2. The number of methoxy groups -OCH3 is 1. The van der Waals surface area contributed by atoms with Crippen molar-refractivity contribution in [3.63, 3.8) is 0 Å². The second-order valence-corrected chi connectivity index (χ2v) is 10.2. The van der Waals surface area contributed by atoms with Crippen LogP contribution in [0.2, 0.25) is 0 Å². The summed E-state index contributed by atoms with van der Waals surface area (Å²) in [6.45, 7) is 0. The molecular formula is C31H26O16. The molecule has 5 rings (SSSR count). The highest BCUT2D eigenvalue weighted by atomic mass is 16.7. The molecule has 8 N–H and O–H groups in total. The van der Waals surface area contributed by atoms with Crippen LogP contribution >= 0.6 is 0 Å². The molecule has 0 spiro atoms. The number of benzene rings is 3. The van der Waals surface area contributed by atoms with Crippen LogP contribution < -0.4 is 14.9 Å². The average Bonchev–Trinajstić information content (AvgIpc) is 3.01. The molecule has 3 aromatic carbocycles. The van der Waals surface area contributed by atoms with Gasteiger partial charge in [-0.15, -0.1) is 0 Å². The maximum atomic E-state index is 13.6. The molecule has 0 saturated carbocycles. The van der Waals surface area contributed by atoms with E-state index in [1.165, 1.54) is 37.5 Å². The summed E-state index contributed by atoms with van der Waals surface area (Å²) in [5.41, 5.74) is -1.22. The molecule has 0 amide bonds. The first kappa shape index (κ1) is 32.4. The number of hydrogen-bond donors (Lipinski definition) is 8. The van der Waals surface area contributed by atoms with E-state index in [0.717, 1.165) is 30.3 Å². The number of phenols is 5. The van der Waals surface area contributed by atoms with Crippen molar-refractivity contribution < 1.29 is 73.8 Å². The van der Waals surface area contributed by atoms with Gasteiger partial charge in [0.25, 0.3) is 0 Å². The number of esters is 1. The van der Waals surface area contributed by atoms with Gasteiger partial charge in [-0.1, -0.05) is 6.07 Å². The average molecular weight is 655 g/mol. The van der Waals surface area contributed by atoms with Gasteiger partial charge in [0.2, 0.25) is 17.5 Å². The molecule has 5 atom stereocenters. The van der Waals surface area contributed by atoms with Crippen molar-refractivity contribution >= 4 is 29.0 Å². The molecule has 0 bridgehead atoms. The Morgan fingerprint density at radius 1 is 0.872 bits per heavy atom. The van der Waals surface area contributed by atoms with Crippen LogP contribution in [-0.4, -0.2) is 90.6 Å². The topological polar surface area (TPSA) is 263 Å². The normalized spacial score (nSPS) is 21.0. The fraction of sp³-hybridized carbons (Fsp3) is 0.194. The summed E-state index contributed by atoms with van der Waals surface area (Å²) >= 11 is 0. The van der Waals surface area contributed by atoms with E-state index in [4.69, 9.17) is 23.4 Å². The number of carbonyl (C=O) groups is 2. The number of rotatable bonds is 8. The molecule has 4 aromatic rings. The van der Waals surface area contributed by atoms with Crippen molar-refractivity contribution in [3.8, 4) is 51.6 Å². The number of carbonyl (C=O) groups excluding carboxylic acids is 1. The van der Waals surface area contributed by atoms with Gasteiger partial charge in [0, 0.05) is 23.8 Å². The number of fused-ring (bicyclic) bond motifs is 1. The molecule has 0 radical (unpaired) electrons. The van der Waals surface area contributed by atoms with Crippen molar-refractivity contribution in [2.75, 3.05) is 7.11 Å². The summed E-state index contributed by atoms with van der Waals surface area (Å²) in [6.07, 6.45) is -8.50. The van der Waals surface area contributed by atoms with E-state index >= 15 is 0 Å². The van der Waals surface area contributed by atoms with Gasteiger partial charge >= 0.3 is 11.9 Å². The van der Waals surface area contributed by atoms with Crippen molar-refractivity contribution in [1.82, 2.24) is 0 Å². The van der Waals surface area contributed by atoms with E-state index in [1.807, 2.05) is 0 Å². The first-order chi connectivity index (χ1) is 22.3. The van der Waals surface area contributed by atoms with Crippen molar-refractivity contribution in [2.45, 2.75) is 30.7 Å². The van der Waals surface area contributed by atoms with Crippen LogP contribution in [0.5, 0.6) is 40.2 Å². The van der Waals surface area contributed by atoms with Crippen LogP contribution in [-0.2, 0) is 19.1 Å². The zero-order chi connectivity index (χ0) is 34.2. The number of aliphatic carboxylic acids is 1. The number of carboxylic acid groups (broad SMARTS) is 1. The van der Waals surface area contributed by atoms with Crippen molar-refractivity contribution in [3.05, 3.63) is 70.4 Å². The third-order valence-corrected chi connectivity index (χ3v) is 7.04. The van der Waals surface area contributed by atoms with Crippen LogP contribution in [0, 0.1) is 0 Å². The Morgan fingerprint density at radius 3 is 2.28 bits per heavy atom. The van der Waals surface area contributed by atoms with Gasteiger partial charge in [-0.05, 0) is 42.0 Å². The van der Waals surface area contributed by atoms with E-state index in [9.17, 15) is 55.2 Å². The lowest BCUT2D eigenvalue weighted by Gasteiger charge is -2.39. The van der Waals surface area contributed by atoms with E-state index < -0.39 is 88.0 Å². The Bertz CT molecular complexity index is 1950. The molecule has 16 heteroatoms. The Labute approximate surface area is 262 Å². The summed E-state index contributed by atoms with van der Waals surface area (Å²) in [6, 6.07) is 9.21. The largest absolute Gasteiger partial charge is 0.508 e. The Kier molecular flexibility index (Phi) is 8.83. The highest BCUT2D eigenvalue weighted by Gasteiger charge is 2.51. The number of carboxylic acids is 1. The van der Waals surface area contributed by atoms with Gasteiger partial charge in [-0.25, -0.2) is 9.59 Å². The van der Waals surface area contributed by atoms with Gasteiger partial charge in [0.05, 0.1) is 7.11 Å². The zero-order valence-electron chi connectivity index (χ0n) is 24.0. The monoisotopic (exact) mass is 654 g/mol. The molecule has 1 aromatic heterocycles. The second-order valence-electron chi connectivity index (χ2n) is 10.2. The molecule has 1 fully saturated rings. The molecule has 1 aliphatic heterocycles. The van der Waals surface area contributed by atoms with E-state index in [0.29, 0.717) is 5.56 Å². The van der Waals surface area contributed by atoms with Gasteiger partial charge in [-0.2, -0.15) is 0 Å². The number of aliphatic hydroxyl groups excluding tert-OH is 2. The maximum absolute atomic E-state index is 13.6. The van der Waals surface area contributed by atoms with Crippen LogP contribution in [0.3, 0.4) is 0 Å². The molecule has 1 aliphatic rings. The van der Waals surface area contributed by atoms with E-state index in [1.54, 1.807) is 0 Å². The molecule has 1 saturated heterocycles. The number of phenolic OH excluding ortho intramolecular Hbond substituents is 5. The van der Waals surface area contributed by atoms with Gasteiger partial charge < -0.3 is 64.2 Å². The summed E-state index contributed by atoms with van der Waals surface area (Å²) in [5.74, 6) is -6.65. The first-order valence-electron chi connectivity index (χ1n) is 13.5. The molecule has 246 valence electrons. The minimum atomic E-state index is -2.16. The highest BCUT2D eigenvalue weighted by Crippen LogP contribution is 2.39. The van der Waals surface area contributed by atoms with Gasteiger partial charge in [-0.3, -0.25) is 4.79 Å². The van der Waals surface area contributed by atoms with E-state index in [2.05, 4.69) is 0 Å². The SMILES string of the molecule is COc1ccc(/C=C/C(=O)O[C@H]2[C@H](O)[C@@H](O)[C@H](Oc3c(-c4ccc(O)c(O)c4)oc4cc(O)cc(O)c4c3=O)O[C@@H]2C(=O)O)cc1O. The summed E-state index contributed by atoms with van der Waals surface area (Å²) < 4.78 is 26.7. The molecule has 2 heterocycles. The van der Waals surface area contributed by atoms with E-state index in [-0.39, 0.29) is 22.6 Å². The third kappa shape index (κ3) is 6.41. The van der Waals surface area contributed by atoms with Crippen LogP contribution in [0.4, 0.5) is 0 Å². The predicted molar refractivity (Wildman–Crippen MR) is 157 cm³/mol. The Morgan fingerprint density at radius 2 is 1.62 bits per heavy atom. The predicted octanol–water partition coefficient (Wildman–Crippen LogP) is 1.53. The second kappa shape index (κ2) is 12.8. The molecule has 47 heavy (non-hydrogen) atoms. The third-order valence-electron chi connectivity index (χ3n) is 7.04. The number of ether oxygens (including phenoxy) is 4. The lowest BCUT2D eigenvalue weighted by atomic mass is 9.98. The minimum Gasteiger partial charge on any atom is -0.508 e. The van der Waals surface area contributed by atoms with Crippen molar-refractivity contribution in [1.29, 1.82) is 0 Å². The summed E-state index contributed by atoms with van der Waals surface area (Å²) in [7, 11) is 1.34. The highest BCUT2D eigenvalue weighted by molar-refractivity contribution is 5.89.